The summed E-state index contributed by atoms with van der Waals surface area (Å²) in [6.45, 7) is 4.77. The molecule has 2 fully saturated rings. The highest BCUT2D eigenvalue weighted by molar-refractivity contribution is 7.91. The highest BCUT2D eigenvalue weighted by Gasteiger charge is 2.32. The maximum absolute atomic E-state index is 13.1. The second kappa shape index (κ2) is 10.9. The molecule has 0 aliphatic carbocycles. The molecule has 0 saturated carbocycles. The summed E-state index contributed by atoms with van der Waals surface area (Å²) >= 11 is 0. The summed E-state index contributed by atoms with van der Waals surface area (Å²) in [6, 6.07) is 12.1. The number of piperazine rings is 1. The fourth-order valence-corrected chi connectivity index (χ4v) is 5.87. The van der Waals surface area contributed by atoms with Crippen LogP contribution in [0, 0.1) is 11.3 Å². The molecule has 32 heavy (non-hydrogen) atoms. The van der Waals surface area contributed by atoms with Gasteiger partial charge in [-0.2, -0.15) is 5.26 Å². The first-order valence-electron chi connectivity index (χ1n) is 11.1. The van der Waals surface area contributed by atoms with E-state index >= 15 is 0 Å². The predicted molar refractivity (Wildman–Crippen MR) is 124 cm³/mol. The van der Waals surface area contributed by atoms with Crippen molar-refractivity contribution in [3.8, 4) is 6.07 Å². The molecule has 2 aliphatic heterocycles. The summed E-state index contributed by atoms with van der Waals surface area (Å²) in [5, 5.41) is 9.71. The van der Waals surface area contributed by atoms with Crippen molar-refractivity contribution in [2.75, 3.05) is 64.9 Å². The number of amides is 1. The Labute approximate surface area is 191 Å². The molecular weight excluding hydrogens is 426 g/mol. The van der Waals surface area contributed by atoms with E-state index in [0.29, 0.717) is 32.6 Å². The van der Waals surface area contributed by atoms with Crippen molar-refractivity contribution in [3.63, 3.8) is 0 Å². The molecule has 1 aromatic rings. The zero-order valence-corrected chi connectivity index (χ0v) is 19.8. The van der Waals surface area contributed by atoms with Crippen LogP contribution in [-0.2, 0) is 21.2 Å². The maximum atomic E-state index is 13.1. The first-order valence-corrected chi connectivity index (χ1v) is 12.9. The van der Waals surface area contributed by atoms with Crippen molar-refractivity contribution in [1.29, 1.82) is 5.26 Å². The lowest BCUT2D eigenvalue weighted by Crippen LogP contribution is -2.48. The van der Waals surface area contributed by atoms with Crippen LogP contribution in [0.5, 0.6) is 0 Å². The zero-order chi connectivity index (χ0) is 23.1. The second-order valence-electron chi connectivity index (χ2n) is 8.81. The molecule has 9 heteroatoms. The molecule has 2 heterocycles. The Kier molecular flexibility index (Phi) is 8.29. The minimum atomic E-state index is -3.06. The molecule has 1 unspecified atom stereocenters. The van der Waals surface area contributed by atoms with Crippen molar-refractivity contribution in [2.24, 2.45) is 0 Å². The molecule has 3 rings (SSSR count). The summed E-state index contributed by atoms with van der Waals surface area (Å²) in [7, 11) is 0.823. The van der Waals surface area contributed by atoms with Gasteiger partial charge in [-0.3, -0.25) is 9.69 Å². The molecule has 2 aliphatic rings. The number of rotatable bonds is 8. The normalized spacial score (nSPS) is 21.5. The van der Waals surface area contributed by atoms with Gasteiger partial charge in [0.2, 0.25) is 0 Å². The molecule has 0 radical (unpaired) electrons. The van der Waals surface area contributed by atoms with Crippen LogP contribution in [-0.4, -0.2) is 105 Å². The van der Waals surface area contributed by atoms with Crippen molar-refractivity contribution < 1.29 is 13.2 Å². The third-order valence-corrected chi connectivity index (χ3v) is 7.79. The summed E-state index contributed by atoms with van der Waals surface area (Å²) < 4.78 is 24.0. The number of sulfone groups is 1. The van der Waals surface area contributed by atoms with Crippen LogP contribution in [0.3, 0.4) is 0 Å². The number of hydrogen-bond donors (Lipinski definition) is 0. The minimum absolute atomic E-state index is 0.0714. The van der Waals surface area contributed by atoms with E-state index in [1.54, 1.807) is 11.1 Å². The number of benzene rings is 1. The van der Waals surface area contributed by atoms with Crippen LogP contribution in [0.4, 0.5) is 0 Å². The molecule has 174 valence electrons. The van der Waals surface area contributed by atoms with Gasteiger partial charge in [0.25, 0.3) is 5.91 Å². The molecular formula is C23H33N5O3S. The average molecular weight is 460 g/mol. The average Bonchev–Trinajstić information content (AvgIpc) is 3.14. The van der Waals surface area contributed by atoms with Crippen LogP contribution in [0.1, 0.15) is 12.0 Å². The number of nitrogens with zero attached hydrogens (tertiary/aromatic N) is 5. The zero-order valence-electron chi connectivity index (χ0n) is 19.0. The van der Waals surface area contributed by atoms with E-state index in [1.165, 1.54) is 5.56 Å². The van der Waals surface area contributed by atoms with Gasteiger partial charge in [-0.15, -0.1) is 0 Å². The van der Waals surface area contributed by atoms with E-state index in [-0.39, 0.29) is 29.0 Å². The molecule has 0 aromatic heterocycles. The Hall–Kier alpha value is -2.41. The van der Waals surface area contributed by atoms with Gasteiger partial charge in [-0.05, 0) is 26.1 Å². The second-order valence-corrected chi connectivity index (χ2v) is 11.0. The molecule has 8 nitrogen and oxygen atoms in total. The SMILES string of the molecule is CN(C)CCN(/C=C(/C#N)C(=O)N1CCN(Cc2ccccc2)CC1)C1CCS(=O)(=O)C1. The quantitative estimate of drug-likeness (QED) is 0.419. The smallest absolute Gasteiger partial charge is 0.266 e. The summed E-state index contributed by atoms with van der Waals surface area (Å²) in [5.41, 5.74) is 1.32. The molecule has 0 N–H and O–H groups in total. The number of hydrogen-bond acceptors (Lipinski definition) is 7. The lowest BCUT2D eigenvalue weighted by Gasteiger charge is -2.35. The number of carbonyl (C=O) groups is 1. The highest BCUT2D eigenvalue weighted by Crippen LogP contribution is 2.20. The van der Waals surface area contributed by atoms with Crippen LogP contribution < -0.4 is 0 Å². The fourth-order valence-electron chi connectivity index (χ4n) is 4.12. The van der Waals surface area contributed by atoms with Crippen molar-refractivity contribution in [2.45, 2.75) is 19.0 Å². The van der Waals surface area contributed by atoms with E-state index < -0.39 is 9.84 Å². The molecule has 1 aromatic carbocycles. The third kappa shape index (κ3) is 6.79. The van der Waals surface area contributed by atoms with Crippen LogP contribution in [0.15, 0.2) is 42.1 Å². The fraction of sp³-hybridized carbons (Fsp3) is 0.565. The Balaban J connectivity index is 1.64. The first-order chi connectivity index (χ1) is 15.3. The predicted octanol–water partition coefficient (Wildman–Crippen LogP) is 0.789. The van der Waals surface area contributed by atoms with E-state index in [1.807, 2.05) is 42.1 Å². The van der Waals surface area contributed by atoms with Crippen molar-refractivity contribution in [1.82, 2.24) is 19.6 Å². The van der Waals surface area contributed by atoms with E-state index in [0.717, 1.165) is 19.6 Å². The van der Waals surface area contributed by atoms with Gasteiger partial charge in [0.05, 0.1) is 11.5 Å². The molecule has 2 saturated heterocycles. The van der Waals surface area contributed by atoms with Gasteiger partial charge in [0, 0.05) is 58.1 Å². The van der Waals surface area contributed by atoms with Gasteiger partial charge in [0.1, 0.15) is 11.6 Å². The Morgan fingerprint density at radius 3 is 2.41 bits per heavy atom. The summed E-state index contributed by atoms with van der Waals surface area (Å²) in [4.78, 5) is 21.0. The van der Waals surface area contributed by atoms with Crippen LogP contribution in [0.25, 0.3) is 0 Å². The van der Waals surface area contributed by atoms with Gasteiger partial charge in [0.15, 0.2) is 9.84 Å². The largest absolute Gasteiger partial charge is 0.371 e. The topological polar surface area (TPSA) is 88.0 Å². The van der Waals surface area contributed by atoms with E-state index in [9.17, 15) is 18.5 Å². The van der Waals surface area contributed by atoms with Crippen molar-refractivity contribution in [3.05, 3.63) is 47.7 Å². The molecule has 1 amide bonds. The minimum Gasteiger partial charge on any atom is -0.371 e. The third-order valence-electron chi connectivity index (χ3n) is 6.04. The number of carbonyl (C=O) groups excluding carboxylic acids is 1. The first kappa shape index (κ1) is 24.2. The van der Waals surface area contributed by atoms with Crippen LogP contribution >= 0.6 is 0 Å². The van der Waals surface area contributed by atoms with E-state index in [4.69, 9.17) is 0 Å². The van der Waals surface area contributed by atoms with Gasteiger partial charge in [-0.25, -0.2) is 8.42 Å². The Morgan fingerprint density at radius 2 is 1.84 bits per heavy atom. The monoisotopic (exact) mass is 459 g/mol. The molecule has 0 bridgehead atoms. The maximum Gasteiger partial charge on any atom is 0.266 e. The van der Waals surface area contributed by atoms with E-state index in [2.05, 4.69) is 23.1 Å². The number of nitriles is 1. The van der Waals surface area contributed by atoms with Crippen LogP contribution in [0.2, 0.25) is 0 Å². The molecule has 0 spiro atoms. The Bertz CT molecular complexity index is 948. The lowest BCUT2D eigenvalue weighted by molar-refractivity contribution is -0.128. The molecule has 1 atom stereocenters. The summed E-state index contributed by atoms with van der Waals surface area (Å²) in [6.07, 6.45) is 2.12. The van der Waals surface area contributed by atoms with Gasteiger partial charge >= 0.3 is 0 Å². The summed E-state index contributed by atoms with van der Waals surface area (Å²) in [5.74, 6) is -0.0481. The number of likely N-dealkylation sites (N-methyl/N-ethyl adjacent to an activating group) is 1. The van der Waals surface area contributed by atoms with Gasteiger partial charge < -0.3 is 14.7 Å². The standard InChI is InChI=1S/C23H33N5O3S/c1-25(2)9-12-28(22-8-15-32(30,31)19-22)18-21(16-24)23(29)27-13-10-26(11-14-27)17-20-6-4-3-5-7-20/h3-7,18,22H,8-15,17,19H2,1-2H3/b21-18-. The van der Waals surface area contributed by atoms with Crippen molar-refractivity contribution >= 4 is 15.7 Å². The highest BCUT2D eigenvalue weighted by atomic mass is 32.2. The Morgan fingerprint density at radius 1 is 1.16 bits per heavy atom. The van der Waals surface area contributed by atoms with Gasteiger partial charge in [-0.1, -0.05) is 30.3 Å². The lowest BCUT2D eigenvalue weighted by atomic mass is 10.1.